The molecule has 0 N–H and O–H groups in total. The van der Waals surface area contributed by atoms with Gasteiger partial charge in [0.1, 0.15) is 5.75 Å². The first-order valence-corrected chi connectivity index (χ1v) is 9.44. The van der Waals surface area contributed by atoms with Crippen LogP contribution < -0.4 is 9.64 Å². The Morgan fingerprint density at radius 3 is 2.00 bits per heavy atom. The lowest BCUT2D eigenvalue weighted by atomic mass is 9.85. The predicted molar refractivity (Wildman–Crippen MR) is 103 cm³/mol. The van der Waals surface area contributed by atoms with E-state index in [9.17, 15) is 14.4 Å². The van der Waals surface area contributed by atoms with Crippen molar-refractivity contribution in [3.8, 4) is 5.75 Å². The molecule has 1 saturated heterocycles. The molecule has 136 valence electrons. The molecule has 2 atom stereocenters. The number of anilines is 1. The number of halogens is 1. The molecule has 1 fully saturated rings. The lowest BCUT2D eigenvalue weighted by Gasteiger charge is -2.15. The number of esters is 1. The summed E-state index contributed by atoms with van der Waals surface area (Å²) in [5.41, 5.74) is 0.833. The van der Waals surface area contributed by atoms with Gasteiger partial charge in [0.2, 0.25) is 11.8 Å². The summed E-state index contributed by atoms with van der Waals surface area (Å²) >= 11 is 3.32. The van der Waals surface area contributed by atoms with Crippen molar-refractivity contribution in [1.29, 1.82) is 0 Å². The molecule has 4 rings (SSSR count). The van der Waals surface area contributed by atoms with Crippen LogP contribution in [0.15, 0.2) is 65.2 Å². The zero-order valence-electron chi connectivity index (χ0n) is 14.3. The summed E-state index contributed by atoms with van der Waals surface area (Å²) in [6, 6.07) is 13.3. The van der Waals surface area contributed by atoms with Crippen LogP contribution in [0.2, 0.25) is 0 Å². The Morgan fingerprint density at radius 2 is 1.44 bits per heavy atom. The first kappa shape index (κ1) is 17.7. The highest BCUT2D eigenvalue weighted by Gasteiger charge is 2.47. The molecule has 1 heterocycles. The van der Waals surface area contributed by atoms with E-state index in [1.54, 1.807) is 48.5 Å². The number of hydrogen-bond donors (Lipinski definition) is 0. The summed E-state index contributed by atoms with van der Waals surface area (Å²) in [6.45, 7) is 0. The molecule has 0 bridgehead atoms. The minimum absolute atomic E-state index is 0.167. The molecule has 1 aliphatic carbocycles. The van der Waals surface area contributed by atoms with Crippen molar-refractivity contribution in [2.24, 2.45) is 11.8 Å². The first-order valence-electron chi connectivity index (χ1n) is 8.65. The molecule has 1 aliphatic heterocycles. The SMILES string of the molecule is O=C(Oc1ccc(Br)cc1)c1ccc(N2C(=O)C3CC=CCC3C2=O)cc1. The minimum Gasteiger partial charge on any atom is -0.423 e. The normalized spacial score (nSPS) is 21.3. The smallest absolute Gasteiger partial charge is 0.343 e. The summed E-state index contributed by atoms with van der Waals surface area (Å²) in [5, 5.41) is 0. The van der Waals surface area contributed by atoms with E-state index in [0.29, 0.717) is 29.8 Å². The van der Waals surface area contributed by atoms with Crippen LogP contribution in [0.3, 0.4) is 0 Å². The van der Waals surface area contributed by atoms with Gasteiger partial charge in [0.25, 0.3) is 0 Å². The van der Waals surface area contributed by atoms with Crippen LogP contribution in [0.25, 0.3) is 0 Å². The van der Waals surface area contributed by atoms with Crippen molar-refractivity contribution in [3.63, 3.8) is 0 Å². The molecule has 0 saturated carbocycles. The summed E-state index contributed by atoms with van der Waals surface area (Å²) in [7, 11) is 0. The highest BCUT2D eigenvalue weighted by Crippen LogP contribution is 2.37. The van der Waals surface area contributed by atoms with Gasteiger partial charge >= 0.3 is 5.97 Å². The van der Waals surface area contributed by atoms with Crippen molar-refractivity contribution < 1.29 is 19.1 Å². The Balaban J connectivity index is 1.50. The minimum atomic E-state index is -0.499. The molecular formula is C21H16BrNO4. The van der Waals surface area contributed by atoms with Crippen LogP contribution in [-0.2, 0) is 9.59 Å². The predicted octanol–water partition coefficient (Wildman–Crippen LogP) is 4.12. The molecule has 2 unspecified atom stereocenters. The largest absolute Gasteiger partial charge is 0.423 e. The number of rotatable bonds is 3. The Kier molecular flexibility index (Phi) is 4.66. The third-order valence-electron chi connectivity index (χ3n) is 4.89. The van der Waals surface area contributed by atoms with Crippen molar-refractivity contribution in [1.82, 2.24) is 0 Å². The Hall–Kier alpha value is -2.73. The lowest BCUT2D eigenvalue weighted by Crippen LogP contribution is -2.30. The first-order chi connectivity index (χ1) is 13.0. The monoisotopic (exact) mass is 425 g/mol. The number of benzene rings is 2. The van der Waals surface area contributed by atoms with Crippen LogP contribution in [-0.4, -0.2) is 17.8 Å². The number of hydrogen-bond acceptors (Lipinski definition) is 4. The molecule has 0 radical (unpaired) electrons. The number of allylic oxidation sites excluding steroid dienone is 2. The highest BCUT2D eigenvalue weighted by molar-refractivity contribution is 9.10. The van der Waals surface area contributed by atoms with Crippen LogP contribution >= 0.6 is 15.9 Å². The fourth-order valence-electron chi connectivity index (χ4n) is 3.47. The topological polar surface area (TPSA) is 63.7 Å². The molecular weight excluding hydrogens is 410 g/mol. The van der Waals surface area contributed by atoms with Gasteiger partial charge in [0.15, 0.2) is 0 Å². The number of carbonyl (C=O) groups excluding carboxylic acids is 3. The van der Waals surface area contributed by atoms with Gasteiger partial charge in [-0.25, -0.2) is 4.79 Å². The van der Waals surface area contributed by atoms with Gasteiger partial charge in [-0.15, -0.1) is 0 Å². The molecule has 6 heteroatoms. The number of amides is 2. The fraction of sp³-hybridized carbons (Fsp3) is 0.190. The number of imide groups is 1. The molecule has 2 amide bonds. The fourth-order valence-corrected chi connectivity index (χ4v) is 3.73. The summed E-state index contributed by atoms with van der Waals surface area (Å²) < 4.78 is 6.22. The van der Waals surface area contributed by atoms with Crippen LogP contribution in [0.1, 0.15) is 23.2 Å². The second-order valence-corrected chi connectivity index (χ2v) is 7.47. The van der Waals surface area contributed by atoms with Crippen molar-refractivity contribution in [2.45, 2.75) is 12.8 Å². The van der Waals surface area contributed by atoms with E-state index >= 15 is 0 Å². The third kappa shape index (κ3) is 3.32. The van der Waals surface area contributed by atoms with E-state index in [1.165, 1.54) is 4.90 Å². The quantitative estimate of drug-likeness (QED) is 0.321. The van der Waals surface area contributed by atoms with Crippen LogP contribution in [0.5, 0.6) is 5.75 Å². The van der Waals surface area contributed by atoms with E-state index in [1.807, 2.05) is 12.2 Å². The zero-order chi connectivity index (χ0) is 19.0. The third-order valence-corrected chi connectivity index (χ3v) is 5.42. The molecule has 27 heavy (non-hydrogen) atoms. The van der Waals surface area contributed by atoms with Crippen LogP contribution in [0.4, 0.5) is 5.69 Å². The molecule has 5 nitrogen and oxygen atoms in total. The average Bonchev–Trinajstić information content (AvgIpc) is 2.95. The molecule has 2 aromatic rings. The van der Waals surface area contributed by atoms with Gasteiger partial charge in [0, 0.05) is 4.47 Å². The Bertz CT molecular complexity index is 908. The van der Waals surface area contributed by atoms with Crippen molar-refractivity contribution >= 4 is 39.4 Å². The number of nitrogens with zero attached hydrogens (tertiary/aromatic N) is 1. The van der Waals surface area contributed by atoms with E-state index in [4.69, 9.17) is 4.74 Å². The highest BCUT2D eigenvalue weighted by atomic mass is 79.9. The van der Waals surface area contributed by atoms with Crippen LogP contribution in [0, 0.1) is 11.8 Å². The van der Waals surface area contributed by atoms with Crippen molar-refractivity contribution in [3.05, 3.63) is 70.7 Å². The summed E-state index contributed by atoms with van der Waals surface area (Å²) in [6.07, 6.45) is 5.11. The van der Waals surface area contributed by atoms with Gasteiger partial charge < -0.3 is 4.74 Å². The van der Waals surface area contributed by atoms with Gasteiger partial charge in [0.05, 0.1) is 23.1 Å². The van der Waals surface area contributed by atoms with Gasteiger partial charge in [-0.3, -0.25) is 14.5 Å². The second-order valence-electron chi connectivity index (χ2n) is 6.56. The van der Waals surface area contributed by atoms with E-state index in [-0.39, 0.29) is 23.7 Å². The zero-order valence-corrected chi connectivity index (χ0v) is 15.9. The van der Waals surface area contributed by atoms with E-state index in [2.05, 4.69) is 15.9 Å². The maximum atomic E-state index is 12.6. The summed E-state index contributed by atoms with van der Waals surface area (Å²) in [4.78, 5) is 38.7. The van der Waals surface area contributed by atoms with E-state index < -0.39 is 5.97 Å². The standard InChI is InChI=1S/C21H16BrNO4/c22-14-7-11-16(12-8-14)27-21(26)13-5-9-15(10-6-13)23-19(24)17-3-1-2-4-18(17)20(23)25/h1-2,5-12,17-18H,3-4H2. The van der Waals surface area contributed by atoms with Crippen molar-refractivity contribution in [2.75, 3.05) is 4.90 Å². The summed E-state index contributed by atoms with van der Waals surface area (Å²) in [5.74, 6) is -0.942. The maximum Gasteiger partial charge on any atom is 0.343 e. The molecule has 0 aromatic heterocycles. The number of carbonyl (C=O) groups is 3. The molecule has 2 aromatic carbocycles. The average molecular weight is 426 g/mol. The molecule has 0 spiro atoms. The van der Waals surface area contributed by atoms with Gasteiger partial charge in [-0.1, -0.05) is 28.1 Å². The Morgan fingerprint density at radius 1 is 0.889 bits per heavy atom. The number of fused-ring (bicyclic) bond motifs is 1. The second kappa shape index (κ2) is 7.12. The Labute approximate surface area is 164 Å². The van der Waals surface area contributed by atoms with Gasteiger partial charge in [-0.2, -0.15) is 0 Å². The van der Waals surface area contributed by atoms with E-state index in [0.717, 1.165) is 4.47 Å². The lowest BCUT2D eigenvalue weighted by molar-refractivity contribution is -0.122. The molecule has 2 aliphatic rings. The van der Waals surface area contributed by atoms with Gasteiger partial charge in [-0.05, 0) is 61.4 Å². The number of ether oxygens (including phenoxy) is 1. The maximum absolute atomic E-state index is 12.6.